The molecule has 3 aromatic rings. The molecule has 100 valence electrons. The van der Waals surface area contributed by atoms with Crippen molar-refractivity contribution in [2.75, 3.05) is 7.11 Å². The zero-order valence-corrected chi connectivity index (χ0v) is 11.7. The van der Waals surface area contributed by atoms with Crippen molar-refractivity contribution >= 4 is 0 Å². The second-order valence-electron chi connectivity index (χ2n) is 4.85. The number of aromatic amines is 1. The first kappa shape index (κ1) is 12.5. The molecule has 0 spiro atoms. The Bertz CT molecular complexity index is 713. The van der Waals surface area contributed by atoms with E-state index in [9.17, 15) is 0 Å². The van der Waals surface area contributed by atoms with Crippen LogP contribution in [0.4, 0.5) is 0 Å². The Morgan fingerprint density at radius 1 is 0.850 bits per heavy atom. The molecule has 0 aliphatic rings. The SMILES string of the molecule is COc1cc(-c2c[nH]c(-c3ccccc3)c2)ccc1C. The van der Waals surface area contributed by atoms with E-state index in [4.69, 9.17) is 4.74 Å². The molecule has 2 aromatic carbocycles. The van der Waals surface area contributed by atoms with Crippen LogP contribution in [0, 0.1) is 6.92 Å². The summed E-state index contributed by atoms with van der Waals surface area (Å²) in [5, 5.41) is 0. The maximum atomic E-state index is 5.39. The molecule has 0 atom stereocenters. The van der Waals surface area contributed by atoms with E-state index in [0.29, 0.717) is 0 Å². The third kappa shape index (κ3) is 2.32. The Balaban J connectivity index is 1.98. The first-order valence-corrected chi connectivity index (χ1v) is 6.67. The third-order valence-corrected chi connectivity index (χ3v) is 3.51. The Hall–Kier alpha value is -2.48. The van der Waals surface area contributed by atoms with Crippen LogP contribution in [-0.2, 0) is 0 Å². The van der Waals surface area contributed by atoms with Crippen LogP contribution in [0.15, 0.2) is 60.8 Å². The number of rotatable bonds is 3. The number of H-pyrrole nitrogens is 1. The number of benzene rings is 2. The van der Waals surface area contributed by atoms with Crippen LogP contribution in [0.25, 0.3) is 22.4 Å². The first-order chi connectivity index (χ1) is 9.78. The summed E-state index contributed by atoms with van der Waals surface area (Å²) in [6, 6.07) is 18.8. The summed E-state index contributed by atoms with van der Waals surface area (Å²) in [4.78, 5) is 3.33. The van der Waals surface area contributed by atoms with Crippen molar-refractivity contribution in [2.45, 2.75) is 6.92 Å². The van der Waals surface area contributed by atoms with Crippen LogP contribution in [0.5, 0.6) is 5.75 Å². The van der Waals surface area contributed by atoms with Crippen LogP contribution >= 0.6 is 0 Å². The van der Waals surface area contributed by atoms with Gasteiger partial charge >= 0.3 is 0 Å². The van der Waals surface area contributed by atoms with E-state index in [1.807, 2.05) is 24.4 Å². The molecule has 1 heterocycles. The van der Waals surface area contributed by atoms with Gasteiger partial charge in [-0.15, -0.1) is 0 Å². The molecule has 0 saturated carbocycles. The first-order valence-electron chi connectivity index (χ1n) is 6.67. The zero-order valence-electron chi connectivity index (χ0n) is 11.7. The topological polar surface area (TPSA) is 25.0 Å². The summed E-state index contributed by atoms with van der Waals surface area (Å²) in [5.74, 6) is 0.921. The third-order valence-electron chi connectivity index (χ3n) is 3.51. The van der Waals surface area contributed by atoms with E-state index in [2.05, 4.69) is 48.3 Å². The zero-order chi connectivity index (χ0) is 13.9. The minimum absolute atomic E-state index is 0.921. The predicted molar refractivity (Wildman–Crippen MR) is 83.0 cm³/mol. The van der Waals surface area contributed by atoms with Crippen LogP contribution in [0.3, 0.4) is 0 Å². The highest BCUT2D eigenvalue weighted by Crippen LogP contribution is 2.29. The van der Waals surface area contributed by atoms with E-state index in [1.54, 1.807) is 7.11 Å². The lowest BCUT2D eigenvalue weighted by molar-refractivity contribution is 0.412. The van der Waals surface area contributed by atoms with E-state index in [0.717, 1.165) is 22.6 Å². The van der Waals surface area contributed by atoms with Crippen LogP contribution in [-0.4, -0.2) is 12.1 Å². The summed E-state index contributed by atoms with van der Waals surface area (Å²) in [6.45, 7) is 2.05. The predicted octanol–water partition coefficient (Wildman–Crippen LogP) is 4.67. The number of aromatic nitrogens is 1. The summed E-state index contributed by atoms with van der Waals surface area (Å²) in [7, 11) is 1.71. The van der Waals surface area contributed by atoms with Crippen molar-refractivity contribution in [3.05, 3.63) is 66.4 Å². The Kier molecular flexibility index (Phi) is 3.30. The standard InChI is InChI=1S/C18H17NO/c1-13-8-9-15(11-18(13)20-2)16-10-17(19-12-16)14-6-4-3-5-7-14/h3-12,19H,1-2H3. The van der Waals surface area contributed by atoms with Crippen LogP contribution in [0.2, 0.25) is 0 Å². The van der Waals surface area contributed by atoms with Crippen molar-refractivity contribution in [2.24, 2.45) is 0 Å². The van der Waals surface area contributed by atoms with Gasteiger partial charge in [0.25, 0.3) is 0 Å². The minimum Gasteiger partial charge on any atom is -0.496 e. The van der Waals surface area contributed by atoms with E-state index in [1.165, 1.54) is 11.1 Å². The maximum absolute atomic E-state index is 5.39. The molecular weight excluding hydrogens is 246 g/mol. The fraction of sp³-hybridized carbons (Fsp3) is 0.111. The van der Waals surface area contributed by atoms with Crippen molar-refractivity contribution < 1.29 is 4.74 Å². The van der Waals surface area contributed by atoms with Crippen LogP contribution < -0.4 is 4.74 Å². The molecule has 1 N–H and O–H groups in total. The number of hydrogen-bond acceptors (Lipinski definition) is 1. The molecule has 0 unspecified atom stereocenters. The van der Waals surface area contributed by atoms with Gasteiger partial charge in [0.15, 0.2) is 0 Å². The fourth-order valence-electron chi connectivity index (χ4n) is 2.34. The molecule has 0 radical (unpaired) electrons. The normalized spacial score (nSPS) is 10.5. The number of methoxy groups -OCH3 is 1. The second-order valence-corrected chi connectivity index (χ2v) is 4.85. The van der Waals surface area contributed by atoms with Gasteiger partial charge < -0.3 is 9.72 Å². The molecule has 3 rings (SSSR count). The summed E-state index contributed by atoms with van der Waals surface area (Å²) < 4.78 is 5.39. The van der Waals surface area contributed by atoms with Gasteiger partial charge in [-0.1, -0.05) is 42.5 Å². The molecule has 0 aliphatic carbocycles. The largest absolute Gasteiger partial charge is 0.496 e. The molecule has 2 heteroatoms. The summed E-state index contributed by atoms with van der Waals surface area (Å²) in [5.41, 5.74) is 5.79. The van der Waals surface area contributed by atoms with Gasteiger partial charge in [0.2, 0.25) is 0 Å². The van der Waals surface area contributed by atoms with Crippen LogP contribution in [0.1, 0.15) is 5.56 Å². The molecule has 0 aliphatic heterocycles. The Morgan fingerprint density at radius 3 is 2.40 bits per heavy atom. The number of ether oxygens (including phenoxy) is 1. The van der Waals surface area contributed by atoms with E-state index in [-0.39, 0.29) is 0 Å². The van der Waals surface area contributed by atoms with Crippen molar-refractivity contribution in [1.82, 2.24) is 4.98 Å². The highest BCUT2D eigenvalue weighted by Gasteiger charge is 2.06. The van der Waals surface area contributed by atoms with Gasteiger partial charge in [-0.3, -0.25) is 0 Å². The smallest absolute Gasteiger partial charge is 0.122 e. The van der Waals surface area contributed by atoms with Gasteiger partial charge in [-0.2, -0.15) is 0 Å². The minimum atomic E-state index is 0.921. The lowest BCUT2D eigenvalue weighted by atomic mass is 10.0. The van der Waals surface area contributed by atoms with E-state index < -0.39 is 0 Å². The molecule has 1 aromatic heterocycles. The lowest BCUT2D eigenvalue weighted by Gasteiger charge is -2.06. The monoisotopic (exact) mass is 263 g/mol. The van der Waals surface area contributed by atoms with Gasteiger partial charge in [0.1, 0.15) is 5.75 Å². The van der Waals surface area contributed by atoms with Gasteiger partial charge in [-0.05, 0) is 41.3 Å². The van der Waals surface area contributed by atoms with Gasteiger partial charge in [0.05, 0.1) is 7.11 Å². The number of hydrogen-bond donors (Lipinski definition) is 1. The molecule has 0 amide bonds. The number of nitrogens with one attached hydrogen (secondary N) is 1. The highest BCUT2D eigenvalue weighted by atomic mass is 16.5. The quantitative estimate of drug-likeness (QED) is 0.730. The molecule has 20 heavy (non-hydrogen) atoms. The van der Waals surface area contributed by atoms with Gasteiger partial charge in [-0.25, -0.2) is 0 Å². The molecular formula is C18H17NO. The average molecular weight is 263 g/mol. The maximum Gasteiger partial charge on any atom is 0.122 e. The molecule has 0 bridgehead atoms. The summed E-state index contributed by atoms with van der Waals surface area (Å²) in [6.07, 6.45) is 2.03. The van der Waals surface area contributed by atoms with Gasteiger partial charge in [0, 0.05) is 11.9 Å². The van der Waals surface area contributed by atoms with Crippen molar-refractivity contribution in [3.63, 3.8) is 0 Å². The Morgan fingerprint density at radius 2 is 1.65 bits per heavy atom. The lowest BCUT2D eigenvalue weighted by Crippen LogP contribution is -1.87. The van der Waals surface area contributed by atoms with Crippen molar-refractivity contribution in [3.8, 4) is 28.1 Å². The fourth-order valence-corrected chi connectivity index (χ4v) is 2.34. The Labute approximate surface area is 119 Å². The highest BCUT2D eigenvalue weighted by molar-refractivity contribution is 5.72. The average Bonchev–Trinajstić information content (AvgIpc) is 2.98. The molecule has 0 fully saturated rings. The molecule has 0 saturated heterocycles. The number of aryl methyl sites for hydroxylation is 1. The van der Waals surface area contributed by atoms with Crippen molar-refractivity contribution in [1.29, 1.82) is 0 Å². The van der Waals surface area contributed by atoms with E-state index >= 15 is 0 Å². The molecule has 2 nitrogen and oxygen atoms in total. The second kappa shape index (κ2) is 5.25. The summed E-state index contributed by atoms with van der Waals surface area (Å²) >= 11 is 0.